The van der Waals surface area contributed by atoms with Gasteiger partial charge in [0.2, 0.25) is 5.91 Å². The van der Waals surface area contributed by atoms with E-state index in [2.05, 4.69) is 50.6 Å². The quantitative estimate of drug-likeness (QED) is 0.432. The van der Waals surface area contributed by atoms with Crippen LogP contribution in [0.3, 0.4) is 0 Å². The molecule has 4 rings (SSSR count). The van der Waals surface area contributed by atoms with Gasteiger partial charge in [-0.15, -0.1) is 11.5 Å². The zero-order chi connectivity index (χ0) is 20.7. The summed E-state index contributed by atoms with van der Waals surface area (Å²) in [4.78, 5) is 25.6. The Bertz CT molecular complexity index is 660. The highest BCUT2D eigenvalue weighted by molar-refractivity contribution is 6.87. The van der Waals surface area contributed by atoms with E-state index < -0.39 is 14.1 Å². The molecule has 4 nitrogen and oxygen atoms in total. The molecule has 0 unspecified atom stereocenters. The number of carbonyl (C=O) groups is 2. The van der Waals surface area contributed by atoms with Crippen molar-refractivity contribution >= 4 is 20.0 Å². The first-order chi connectivity index (χ1) is 13.0. The fourth-order valence-corrected chi connectivity index (χ4v) is 6.52. The largest absolute Gasteiger partial charge is 0.467 e. The van der Waals surface area contributed by atoms with Crippen LogP contribution in [0.2, 0.25) is 18.1 Å². The maximum atomic E-state index is 13.3. The van der Waals surface area contributed by atoms with Crippen molar-refractivity contribution in [1.29, 1.82) is 0 Å². The van der Waals surface area contributed by atoms with Gasteiger partial charge in [-0.1, -0.05) is 33.9 Å². The summed E-state index contributed by atoms with van der Waals surface area (Å²) in [6.07, 6.45) is 7.20. The summed E-state index contributed by atoms with van der Waals surface area (Å²) in [5, 5.41) is 3.22. The molecule has 4 aliphatic carbocycles. The maximum Gasteiger partial charge on any atom is 0.329 e. The van der Waals surface area contributed by atoms with E-state index in [4.69, 9.17) is 4.74 Å². The van der Waals surface area contributed by atoms with Crippen LogP contribution in [0, 0.1) is 34.6 Å². The van der Waals surface area contributed by atoms with Crippen molar-refractivity contribution in [2.75, 3.05) is 7.11 Å². The minimum absolute atomic E-state index is 0.0659. The normalized spacial score (nSPS) is 32.3. The molecule has 0 aromatic carbocycles. The second-order valence-electron chi connectivity index (χ2n) is 11.1. The average molecular weight is 404 g/mol. The Kier molecular flexibility index (Phi) is 5.75. The van der Waals surface area contributed by atoms with Gasteiger partial charge in [-0.2, -0.15) is 0 Å². The van der Waals surface area contributed by atoms with E-state index in [1.807, 2.05) is 0 Å². The summed E-state index contributed by atoms with van der Waals surface area (Å²) < 4.78 is 4.97. The molecule has 0 saturated heterocycles. The van der Waals surface area contributed by atoms with Crippen molar-refractivity contribution in [2.24, 2.45) is 23.2 Å². The Labute approximate surface area is 171 Å². The molecule has 1 N–H and O–H groups in total. The van der Waals surface area contributed by atoms with Crippen LogP contribution in [0.25, 0.3) is 0 Å². The van der Waals surface area contributed by atoms with E-state index in [9.17, 15) is 9.59 Å². The van der Waals surface area contributed by atoms with Gasteiger partial charge in [-0.05, 0) is 61.3 Å². The highest BCUT2D eigenvalue weighted by atomic mass is 28.3. The molecular weight excluding hydrogens is 366 g/mol. The molecule has 28 heavy (non-hydrogen) atoms. The maximum absolute atomic E-state index is 13.3. The van der Waals surface area contributed by atoms with Crippen LogP contribution in [0.4, 0.5) is 0 Å². The van der Waals surface area contributed by atoms with Gasteiger partial charge >= 0.3 is 5.97 Å². The van der Waals surface area contributed by atoms with Crippen LogP contribution in [-0.4, -0.2) is 33.1 Å². The molecule has 0 heterocycles. The van der Waals surface area contributed by atoms with Crippen molar-refractivity contribution in [3.05, 3.63) is 0 Å². The first-order valence-electron chi connectivity index (χ1n) is 10.8. The molecule has 0 radical (unpaired) electrons. The van der Waals surface area contributed by atoms with Gasteiger partial charge in [-0.3, -0.25) is 4.79 Å². The third kappa shape index (κ3) is 4.17. The number of esters is 1. The van der Waals surface area contributed by atoms with Crippen LogP contribution in [0.1, 0.15) is 65.7 Å². The lowest BCUT2D eigenvalue weighted by atomic mass is 9.49. The second kappa shape index (κ2) is 7.52. The predicted molar refractivity (Wildman–Crippen MR) is 114 cm³/mol. The zero-order valence-electron chi connectivity index (χ0n) is 18.5. The number of amides is 1. The summed E-state index contributed by atoms with van der Waals surface area (Å²) in [5.41, 5.74) is 3.19. The van der Waals surface area contributed by atoms with E-state index in [-0.39, 0.29) is 22.3 Å². The van der Waals surface area contributed by atoms with E-state index >= 15 is 0 Å². The lowest BCUT2D eigenvalue weighted by molar-refractivity contribution is -0.152. The highest BCUT2D eigenvalue weighted by Gasteiger charge is 2.55. The molecule has 4 fully saturated rings. The van der Waals surface area contributed by atoms with E-state index in [0.717, 1.165) is 19.3 Å². The Morgan fingerprint density at radius 3 is 2.04 bits per heavy atom. The molecule has 5 heteroatoms. The van der Waals surface area contributed by atoms with Gasteiger partial charge in [0, 0.05) is 11.8 Å². The van der Waals surface area contributed by atoms with Gasteiger partial charge in [-0.25, -0.2) is 4.79 Å². The minimum Gasteiger partial charge on any atom is -0.467 e. The smallest absolute Gasteiger partial charge is 0.329 e. The third-order valence-corrected chi connectivity index (χ3v) is 12.4. The van der Waals surface area contributed by atoms with E-state index in [0.29, 0.717) is 24.2 Å². The van der Waals surface area contributed by atoms with Gasteiger partial charge < -0.3 is 10.1 Å². The van der Waals surface area contributed by atoms with Crippen LogP contribution in [0.5, 0.6) is 0 Å². The van der Waals surface area contributed by atoms with E-state index in [1.165, 1.54) is 26.4 Å². The Morgan fingerprint density at radius 2 is 1.61 bits per heavy atom. The minimum atomic E-state index is -1.74. The molecular formula is C23H37NO3Si. The molecule has 4 aliphatic rings. The summed E-state index contributed by atoms with van der Waals surface area (Å²) >= 11 is 0. The van der Waals surface area contributed by atoms with Gasteiger partial charge in [0.05, 0.1) is 7.11 Å². The topological polar surface area (TPSA) is 55.4 Å². The summed E-state index contributed by atoms with van der Waals surface area (Å²) in [6, 6.07) is -0.664. The van der Waals surface area contributed by atoms with Crippen LogP contribution >= 0.6 is 0 Å². The van der Waals surface area contributed by atoms with Gasteiger partial charge in [0.1, 0.15) is 14.1 Å². The van der Waals surface area contributed by atoms with Crippen molar-refractivity contribution in [1.82, 2.24) is 5.32 Å². The fraction of sp³-hybridized carbons (Fsp3) is 0.826. The molecule has 0 aliphatic heterocycles. The lowest BCUT2D eigenvalue weighted by Crippen LogP contribution is -2.56. The van der Waals surface area contributed by atoms with Gasteiger partial charge in [0.15, 0.2) is 0 Å². The van der Waals surface area contributed by atoms with Crippen LogP contribution < -0.4 is 5.32 Å². The summed E-state index contributed by atoms with van der Waals surface area (Å²) in [7, 11) is -0.357. The van der Waals surface area contributed by atoms with Crippen LogP contribution in [-0.2, 0) is 14.3 Å². The second-order valence-corrected chi connectivity index (χ2v) is 16.1. The standard InChI is InChI=1S/C23H37NO3Si/c1-22(2,3)28(5,6)9-7-8-19(20(25)27-4)24-21(26)23-13-16-10-17(14-23)12-18(11-16)15-23/h16-19H,8,10-15H2,1-6H3,(H,24,26)/t16?,17?,18?,19-,23?/m1/s1. The Hall–Kier alpha value is -1.28. The number of nitrogens with one attached hydrogen (secondary N) is 1. The number of methoxy groups -OCH3 is 1. The van der Waals surface area contributed by atoms with Crippen molar-refractivity contribution in [2.45, 2.75) is 89.9 Å². The molecule has 0 aromatic heterocycles. The summed E-state index contributed by atoms with van der Waals surface area (Å²) in [5.74, 6) is 5.00. The third-order valence-electron chi connectivity index (χ3n) is 7.89. The van der Waals surface area contributed by atoms with E-state index in [1.54, 1.807) is 0 Å². The highest BCUT2D eigenvalue weighted by Crippen LogP contribution is 2.60. The Balaban J connectivity index is 1.70. The van der Waals surface area contributed by atoms with Crippen molar-refractivity contribution in [3.63, 3.8) is 0 Å². The SMILES string of the molecule is COC(=O)[C@@H](CC#C[Si](C)(C)C(C)(C)C)NC(=O)C12CC3CC(CC(C3)C1)C2. The predicted octanol–water partition coefficient (Wildman–Crippen LogP) is 4.30. The van der Waals surface area contributed by atoms with Gasteiger partial charge in [0.25, 0.3) is 0 Å². The molecule has 0 aromatic rings. The monoisotopic (exact) mass is 403 g/mol. The average Bonchev–Trinajstić information content (AvgIpc) is 2.57. The fourth-order valence-electron chi connectivity index (χ4n) is 5.60. The molecule has 156 valence electrons. The number of carbonyl (C=O) groups excluding carboxylic acids is 2. The molecule has 4 bridgehead atoms. The van der Waals surface area contributed by atoms with Crippen LogP contribution in [0.15, 0.2) is 0 Å². The molecule has 1 atom stereocenters. The molecule has 1 amide bonds. The number of rotatable bonds is 4. The number of hydrogen-bond donors (Lipinski definition) is 1. The number of ether oxygens (including phenoxy) is 1. The molecule has 0 spiro atoms. The van der Waals surface area contributed by atoms with Crippen molar-refractivity contribution < 1.29 is 14.3 Å². The number of hydrogen-bond acceptors (Lipinski definition) is 3. The first-order valence-corrected chi connectivity index (χ1v) is 13.8. The first kappa shape index (κ1) is 21.4. The summed E-state index contributed by atoms with van der Waals surface area (Å²) in [6.45, 7) is 11.2. The molecule has 4 saturated carbocycles. The Morgan fingerprint density at radius 1 is 1.11 bits per heavy atom. The van der Waals surface area contributed by atoms with Crippen molar-refractivity contribution in [3.8, 4) is 11.5 Å². The lowest BCUT2D eigenvalue weighted by Gasteiger charge is -2.55. The zero-order valence-corrected chi connectivity index (χ0v) is 19.5.